The fourth-order valence-electron chi connectivity index (χ4n) is 1.79. The van der Waals surface area contributed by atoms with Gasteiger partial charge in [-0.3, -0.25) is 9.56 Å². The number of benzene rings is 1. The first-order valence-corrected chi connectivity index (χ1v) is 7.23. The van der Waals surface area contributed by atoms with Gasteiger partial charge in [0.05, 0.1) is 23.1 Å². The van der Waals surface area contributed by atoms with E-state index in [2.05, 4.69) is 9.78 Å². The highest BCUT2D eigenvalue weighted by atomic mass is 31.2. The lowest BCUT2D eigenvalue weighted by atomic mass is 10.0. The van der Waals surface area contributed by atoms with Crippen molar-refractivity contribution in [1.29, 1.82) is 0 Å². The first-order valence-electron chi connectivity index (χ1n) is 5.62. The van der Waals surface area contributed by atoms with Crippen LogP contribution in [-0.4, -0.2) is 26.0 Å². The molecular formula is C12H12N3O3P. The minimum absolute atomic E-state index is 0.185. The first-order chi connectivity index (χ1) is 9.00. The van der Waals surface area contributed by atoms with Gasteiger partial charge in [0, 0.05) is 12.5 Å². The third-order valence-electron chi connectivity index (χ3n) is 2.68. The minimum atomic E-state index is -4.45. The van der Waals surface area contributed by atoms with Crippen molar-refractivity contribution in [3.63, 3.8) is 0 Å². The molecule has 1 aliphatic rings. The zero-order valence-corrected chi connectivity index (χ0v) is 10.9. The molecule has 0 aliphatic heterocycles. The molecule has 0 saturated heterocycles. The maximum absolute atomic E-state index is 11.5. The summed E-state index contributed by atoms with van der Waals surface area (Å²) in [4.78, 5) is 25.9. The summed E-state index contributed by atoms with van der Waals surface area (Å²) in [7, 11) is -4.45. The molecule has 2 N–H and O–H groups in total. The summed E-state index contributed by atoms with van der Waals surface area (Å²) in [6, 6.07) is 8.92. The second-order valence-corrected chi connectivity index (χ2v) is 5.63. The highest BCUT2D eigenvalue weighted by Gasteiger charge is 2.31. The van der Waals surface area contributed by atoms with Gasteiger partial charge < -0.3 is 15.3 Å². The maximum Gasteiger partial charge on any atom is 0.358 e. The minimum Gasteiger partial charge on any atom is -0.361 e. The number of aliphatic imine (C=N–C) groups is 1. The summed E-state index contributed by atoms with van der Waals surface area (Å²) in [5.41, 5.74) is 9.89. The Morgan fingerprint density at radius 2 is 1.89 bits per heavy atom. The molecule has 0 unspecified atom stereocenters. The third kappa shape index (κ3) is 3.34. The van der Waals surface area contributed by atoms with Crippen molar-refractivity contribution < 1.29 is 19.1 Å². The zero-order valence-electron chi connectivity index (χ0n) is 9.97. The SMILES string of the molecule is [N-]=[N+]=C1C=C(P(=O)(O)O)C(=Nc2ccccc2)CC1. The van der Waals surface area contributed by atoms with Gasteiger partial charge in [-0.15, -0.1) is 0 Å². The molecule has 1 aromatic rings. The maximum atomic E-state index is 11.5. The van der Waals surface area contributed by atoms with Gasteiger partial charge in [0.1, 0.15) is 0 Å². The molecule has 0 radical (unpaired) electrons. The second-order valence-electron chi connectivity index (χ2n) is 4.06. The molecule has 98 valence electrons. The van der Waals surface area contributed by atoms with Crippen LogP contribution < -0.4 is 0 Å². The molecule has 0 amide bonds. The van der Waals surface area contributed by atoms with Gasteiger partial charge in [-0.1, -0.05) is 18.2 Å². The molecule has 0 aromatic heterocycles. The molecule has 1 aliphatic carbocycles. The van der Waals surface area contributed by atoms with E-state index in [0.717, 1.165) is 0 Å². The van der Waals surface area contributed by atoms with E-state index < -0.39 is 7.60 Å². The quantitative estimate of drug-likeness (QED) is 0.492. The van der Waals surface area contributed by atoms with Gasteiger partial charge in [0.2, 0.25) is 0 Å². The predicted molar refractivity (Wildman–Crippen MR) is 71.5 cm³/mol. The van der Waals surface area contributed by atoms with Gasteiger partial charge in [-0.25, -0.2) is 0 Å². The van der Waals surface area contributed by atoms with E-state index in [1.54, 1.807) is 24.3 Å². The van der Waals surface area contributed by atoms with E-state index in [0.29, 0.717) is 24.2 Å². The van der Waals surface area contributed by atoms with Crippen molar-refractivity contribution in [3.05, 3.63) is 47.3 Å². The highest BCUT2D eigenvalue weighted by Crippen LogP contribution is 2.47. The lowest BCUT2D eigenvalue weighted by molar-refractivity contribution is -0.00627. The second kappa shape index (κ2) is 5.43. The summed E-state index contributed by atoms with van der Waals surface area (Å²) in [6.07, 6.45) is 1.92. The Morgan fingerprint density at radius 3 is 2.47 bits per heavy atom. The summed E-state index contributed by atoms with van der Waals surface area (Å²) in [5, 5.41) is -0.185. The zero-order chi connectivity index (χ0) is 13.9. The van der Waals surface area contributed by atoms with Crippen molar-refractivity contribution in [1.82, 2.24) is 0 Å². The normalized spacial score (nSPS) is 18.1. The van der Waals surface area contributed by atoms with Crippen LogP contribution in [0.15, 0.2) is 46.7 Å². The van der Waals surface area contributed by atoms with Crippen molar-refractivity contribution in [2.45, 2.75) is 12.8 Å². The molecule has 7 heteroatoms. The summed E-state index contributed by atoms with van der Waals surface area (Å²) >= 11 is 0. The van der Waals surface area contributed by atoms with E-state index in [-0.39, 0.29) is 11.0 Å². The van der Waals surface area contributed by atoms with E-state index in [1.165, 1.54) is 6.08 Å². The first kappa shape index (κ1) is 13.6. The monoisotopic (exact) mass is 277 g/mol. The van der Waals surface area contributed by atoms with Crippen LogP contribution in [0.5, 0.6) is 0 Å². The molecule has 0 spiro atoms. The molecule has 2 rings (SSSR count). The largest absolute Gasteiger partial charge is 0.361 e. The predicted octanol–water partition coefficient (Wildman–Crippen LogP) is 2.29. The molecule has 0 fully saturated rings. The third-order valence-corrected chi connectivity index (χ3v) is 3.69. The Bertz CT molecular complexity index is 639. The fraction of sp³-hybridized carbons (Fsp3) is 0.167. The molecule has 0 saturated carbocycles. The Kier molecular flexibility index (Phi) is 3.88. The van der Waals surface area contributed by atoms with Crippen LogP contribution in [0.25, 0.3) is 5.53 Å². The van der Waals surface area contributed by atoms with Crippen molar-refractivity contribution in [2.75, 3.05) is 0 Å². The average molecular weight is 277 g/mol. The van der Waals surface area contributed by atoms with Gasteiger partial charge in [-0.2, -0.15) is 4.79 Å². The molecule has 0 bridgehead atoms. The number of allylic oxidation sites excluding steroid dienone is 2. The Morgan fingerprint density at radius 1 is 1.21 bits per heavy atom. The topological polar surface area (TPSA) is 106 Å². The number of nitrogens with zero attached hydrogens (tertiary/aromatic N) is 3. The van der Waals surface area contributed by atoms with E-state index in [9.17, 15) is 14.4 Å². The molecule has 6 nitrogen and oxygen atoms in total. The average Bonchev–Trinajstić information content (AvgIpc) is 2.39. The lowest BCUT2D eigenvalue weighted by Gasteiger charge is -2.14. The number of rotatable bonds is 2. The molecule has 0 heterocycles. The standard InChI is InChI=1S/C12H12N3O3P/c13-15-10-6-7-11(12(8-10)19(16,17)18)14-9-4-2-1-3-5-9/h1-5,8H,6-7H2,(H2,16,17,18). The van der Waals surface area contributed by atoms with E-state index in [4.69, 9.17) is 5.53 Å². The van der Waals surface area contributed by atoms with Crippen LogP contribution in [0.1, 0.15) is 12.8 Å². The molecular weight excluding hydrogens is 265 g/mol. The van der Waals surface area contributed by atoms with Crippen molar-refractivity contribution in [3.8, 4) is 0 Å². The van der Waals surface area contributed by atoms with Crippen LogP contribution in [0.4, 0.5) is 5.69 Å². The Balaban J connectivity index is 2.49. The molecule has 0 atom stereocenters. The molecule has 1 aromatic carbocycles. The fourth-order valence-corrected chi connectivity index (χ4v) is 2.61. The number of para-hydroxylation sites is 1. The van der Waals surface area contributed by atoms with Crippen LogP contribution in [0.3, 0.4) is 0 Å². The van der Waals surface area contributed by atoms with Crippen molar-refractivity contribution in [2.24, 2.45) is 4.99 Å². The van der Waals surface area contributed by atoms with E-state index >= 15 is 0 Å². The smallest absolute Gasteiger partial charge is 0.358 e. The Labute approximate surface area is 109 Å². The highest BCUT2D eigenvalue weighted by molar-refractivity contribution is 7.58. The van der Waals surface area contributed by atoms with Crippen molar-refractivity contribution >= 4 is 24.7 Å². The molecule has 19 heavy (non-hydrogen) atoms. The van der Waals surface area contributed by atoms with Crippen LogP contribution in [0, 0.1) is 0 Å². The van der Waals surface area contributed by atoms with Crippen LogP contribution in [-0.2, 0) is 4.57 Å². The van der Waals surface area contributed by atoms with Gasteiger partial charge in [0.25, 0.3) is 5.71 Å². The number of hydrogen-bond donors (Lipinski definition) is 2. The Hall–Kier alpha value is -1.84. The van der Waals surface area contributed by atoms with Crippen LogP contribution >= 0.6 is 7.60 Å². The summed E-state index contributed by atoms with van der Waals surface area (Å²) in [6.45, 7) is 0. The van der Waals surface area contributed by atoms with Gasteiger partial charge in [0.15, 0.2) is 0 Å². The van der Waals surface area contributed by atoms with Gasteiger partial charge >= 0.3 is 7.60 Å². The summed E-state index contributed by atoms with van der Waals surface area (Å²) < 4.78 is 11.5. The van der Waals surface area contributed by atoms with E-state index in [1.807, 2.05) is 6.07 Å². The summed E-state index contributed by atoms with van der Waals surface area (Å²) in [5.74, 6) is 0. The lowest BCUT2D eigenvalue weighted by Crippen LogP contribution is -2.14. The van der Waals surface area contributed by atoms with Crippen LogP contribution in [0.2, 0.25) is 0 Å². The number of hydrogen-bond acceptors (Lipinski definition) is 2. The van der Waals surface area contributed by atoms with Gasteiger partial charge in [-0.05, 0) is 12.1 Å².